The molecule has 3 aromatic carbocycles. The highest BCUT2D eigenvalue weighted by Gasteiger charge is 2.35. The monoisotopic (exact) mass is 587 g/mol. The van der Waals surface area contributed by atoms with Gasteiger partial charge in [0.15, 0.2) is 11.5 Å². The van der Waals surface area contributed by atoms with Crippen molar-refractivity contribution in [2.75, 3.05) is 19.0 Å². The molecule has 37 heavy (non-hydrogen) atoms. The van der Waals surface area contributed by atoms with Crippen molar-refractivity contribution in [3.05, 3.63) is 92.8 Å². The summed E-state index contributed by atoms with van der Waals surface area (Å²) in [7, 11) is 1.48. The van der Waals surface area contributed by atoms with Crippen LogP contribution in [-0.2, 0) is 16.2 Å². The van der Waals surface area contributed by atoms with E-state index in [0.717, 1.165) is 10.5 Å². The van der Waals surface area contributed by atoms with Crippen LogP contribution in [0.5, 0.6) is 11.5 Å². The summed E-state index contributed by atoms with van der Waals surface area (Å²) >= 11 is 9.38. The van der Waals surface area contributed by atoms with Crippen LogP contribution >= 0.6 is 27.5 Å². The molecule has 0 atom stereocenters. The van der Waals surface area contributed by atoms with E-state index in [-0.39, 0.29) is 18.0 Å². The number of carbonyl (C=O) groups is 3. The van der Waals surface area contributed by atoms with Gasteiger partial charge in [0.05, 0.1) is 17.3 Å². The second kappa shape index (κ2) is 11.4. The summed E-state index contributed by atoms with van der Waals surface area (Å²) in [4.78, 5) is 38.2. The number of urea groups is 1. The SMILES string of the molecule is COc1cc(/C=C2/NC(=O)N(CC(=O)Nc3ccccc3F)C2=O)cc(Br)c1OCc1ccc(Cl)cc1. The van der Waals surface area contributed by atoms with Crippen LogP contribution in [0.4, 0.5) is 14.9 Å². The maximum Gasteiger partial charge on any atom is 0.329 e. The van der Waals surface area contributed by atoms with Gasteiger partial charge in [0.25, 0.3) is 5.91 Å². The van der Waals surface area contributed by atoms with E-state index in [2.05, 4.69) is 26.6 Å². The molecular weight excluding hydrogens is 569 g/mol. The Morgan fingerprint density at radius 3 is 2.59 bits per heavy atom. The fourth-order valence-electron chi connectivity index (χ4n) is 3.48. The number of para-hydroxylation sites is 1. The summed E-state index contributed by atoms with van der Waals surface area (Å²) in [6.45, 7) is -0.314. The van der Waals surface area contributed by atoms with Crippen LogP contribution in [0.3, 0.4) is 0 Å². The van der Waals surface area contributed by atoms with Gasteiger partial charge in [-0.3, -0.25) is 9.59 Å². The number of carbonyl (C=O) groups excluding carboxylic acids is 3. The van der Waals surface area contributed by atoms with Crippen molar-refractivity contribution in [3.63, 3.8) is 0 Å². The van der Waals surface area contributed by atoms with Crippen molar-refractivity contribution in [2.24, 2.45) is 0 Å². The van der Waals surface area contributed by atoms with Gasteiger partial charge in [0, 0.05) is 5.02 Å². The third-order valence-electron chi connectivity index (χ3n) is 5.27. The van der Waals surface area contributed by atoms with Crippen LogP contribution in [0.2, 0.25) is 5.02 Å². The zero-order chi connectivity index (χ0) is 26.5. The maximum atomic E-state index is 13.8. The first-order valence-corrected chi connectivity index (χ1v) is 12.1. The first-order valence-electron chi connectivity index (χ1n) is 10.9. The highest BCUT2D eigenvalue weighted by Crippen LogP contribution is 2.38. The molecule has 4 amide bonds. The number of ether oxygens (including phenoxy) is 2. The fraction of sp³-hybridized carbons (Fsp3) is 0.115. The van der Waals surface area contributed by atoms with Gasteiger partial charge < -0.3 is 20.1 Å². The molecule has 190 valence electrons. The van der Waals surface area contributed by atoms with Gasteiger partial charge >= 0.3 is 6.03 Å². The zero-order valence-electron chi connectivity index (χ0n) is 19.4. The van der Waals surface area contributed by atoms with Gasteiger partial charge in [0.2, 0.25) is 5.91 Å². The van der Waals surface area contributed by atoms with E-state index in [1.54, 1.807) is 30.3 Å². The van der Waals surface area contributed by atoms with Crippen LogP contribution in [-0.4, -0.2) is 36.4 Å². The van der Waals surface area contributed by atoms with Crippen molar-refractivity contribution in [2.45, 2.75) is 6.61 Å². The lowest BCUT2D eigenvalue weighted by atomic mass is 10.1. The van der Waals surface area contributed by atoms with Gasteiger partial charge in [0.1, 0.15) is 24.7 Å². The Morgan fingerprint density at radius 1 is 1.16 bits per heavy atom. The first-order chi connectivity index (χ1) is 17.7. The summed E-state index contributed by atoms with van der Waals surface area (Å²) in [6, 6.07) is 15.4. The molecule has 0 spiro atoms. The van der Waals surface area contributed by atoms with Crippen LogP contribution in [0.1, 0.15) is 11.1 Å². The van der Waals surface area contributed by atoms with Crippen LogP contribution in [0.15, 0.2) is 70.8 Å². The Labute approximate surface area is 225 Å². The van der Waals surface area contributed by atoms with Gasteiger partial charge in [-0.15, -0.1) is 0 Å². The number of nitrogens with zero attached hydrogens (tertiary/aromatic N) is 1. The molecule has 1 saturated heterocycles. The third kappa shape index (κ3) is 6.28. The largest absolute Gasteiger partial charge is 0.493 e. The second-order valence-electron chi connectivity index (χ2n) is 7.86. The quantitative estimate of drug-likeness (QED) is 0.273. The molecule has 0 unspecified atom stereocenters. The second-order valence-corrected chi connectivity index (χ2v) is 9.15. The number of methoxy groups -OCH3 is 1. The van der Waals surface area contributed by atoms with Gasteiger partial charge in [-0.05, 0) is 69.5 Å². The number of rotatable bonds is 8. The number of imide groups is 1. The average molecular weight is 589 g/mol. The highest BCUT2D eigenvalue weighted by atomic mass is 79.9. The first kappa shape index (κ1) is 26.2. The lowest BCUT2D eigenvalue weighted by molar-refractivity contribution is -0.127. The third-order valence-corrected chi connectivity index (χ3v) is 6.11. The molecule has 8 nitrogen and oxygen atoms in total. The summed E-state index contributed by atoms with van der Waals surface area (Å²) in [6.07, 6.45) is 1.45. The molecule has 4 rings (SSSR count). The zero-order valence-corrected chi connectivity index (χ0v) is 21.7. The predicted molar refractivity (Wildman–Crippen MR) is 140 cm³/mol. The number of hydrogen-bond acceptors (Lipinski definition) is 5. The van der Waals surface area contributed by atoms with E-state index in [9.17, 15) is 18.8 Å². The minimum absolute atomic E-state index is 0.0347. The van der Waals surface area contributed by atoms with Crippen molar-refractivity contribution in [3.8, 4) is 11.5 Å². The number of amides is 4. The number of anilines is 1. The van der Waals surface area contributed by atoms with Crippen molar-refractivity contribution in [1.29, 1.82) is 0 Å². The van der Waals surface area contributed by atoms with Crippen LogP contribution < -0.4 is 20.1 Å². The lowest BCUT2D eigenvalue weighted by Crippen LogP contribution is -2.38. The van der Waals surface area contributed by atoms with Gasteiger partial charge in [-0.25, -0.2) is 14.1 Å². The van der Waals surface area contributed by atoms with E-state index in [0.29, 0.717) is 26.6 Å². The summed E-state index contributed by atoms with van der Waals surface area (Å²) in [5, 5.41) is 5.42. The number of hydrogen-bond donors (Lipinski definition) is 2. The summed E-state index contributed by atoms with van der Waals surface area (Å²) < 4.78 is 25.7. The van der Waals surface area contributed by atoms with Crippen LogP contribution in [0, 0.1) is 5.82 Å². The molecule has 1 aliphatic heterocycles. The molecule has 0 aromatic heterocycles. The molecule has 11 heteroatoms. The topological polar surface area (TPSA) is 97.0 Å². The Bertz CT molecular complexity index is 1400. The van der Waals surface area contributed by atoms with Crippen molar-refractivity contribution < 1.29 is 28.2 Å². The highest BCUT2D eigenvalue weighted by molar-refractivity contribution is 9.10. The minimum atomic E-state index is -0.770. The Kier molecular flexibility index (Phi) is 8.10. The Morgan fingerprint density at radius 2 is 1.89 bits per heavy atom. The smallest absolute Gasteiger partial charge is 0.329 e. The van der Waals surface area contributed by atoms with E-state index < -0.39 is 30.2 Å². The van der Waals surface area contributed by atoms with Gasteiger partial charge in [-0.1, -0.05) is 35.9 Å². The Hall–Kier alpha value is -3.89. The molecule has 0 bridgehead atoms. The van der Waals surface area contributed by atoms with Gasteiger partial charge in [-0.2, -0.15) is 0 Å². The number of halogens is 3. The van der Waals surface area contributed by atoms with E-state index in [1.807, 2.05) is 12.1 Å². The number of benzene rings is 3. The molecule has 0 aliphatic carbocycles. The van der Waals surface area contributed by atoms with Crippen LogP contribution in [0.25, 0.3) is 6.08 Å². The van der Waals surface area contributed by atoms with E-state index in [1.165, 1.54) is 31.4 Å². The standard InChI is InChI=1S/C26H20BrClFN3O5/c1-36-22-12-16(10-18(27)24(22)37-14-15-6-8-17(28)9-7-15)11-21-25(34)32(26(35)31-21)13-23(33)30-20-5-3-2-4-19(20)29/h2-12H,13-14H2,1H3,(H,30,33)(H,31,35)/b21-11+. The normalized spacial score (nSPS) is 14.1. The molecule has 0 saturated carbocycles. The summed E-state index contributed by atoms with van der Waals surface area (Å²) in [5.74, 6) is -1.21. The minimum Gasteiger partial charge on any atom is -0.493 e. The van der Waals surface area contributed by atoms with Crippen molar-refractivity contribution >= 4 is 57.1 Å². The number of nitrogens with one attached hydrogen (secondary N) is 2. The Balaban J connectivity index is 1.47. The molecule has 2 N–H and O–H groups in total. The maximum absolute atomic E-state index is 13.8. The van der Waals surface area contributed by atoms with Crippen molar-refractivity contribution in [1.82, 2.24) is 10.2 Å². The molecule has 1 aliphatic rings. The molecular formula is C26H20BrClFN3O5. The van der Waals surface area contributed by atoms with E-state index >= 15 is 0 Å². The van der Waals surface area contributed by atoms with E-state index in [4.69, 9.17) is 21.1 Å². The average Bonchev–Trinajstić information content (AvgIpc) is 3.12. The summed E-state index contributed by atoms with van der Waals surface area (Å²) in [5.41, 5.74) is 1.35. The lowest BCUT2D eigenvalue weighted by Gasteiger charge is -2.14. The fourth-order valence-corrected chi connectivity index (χ4v) is 4.18. The molecule has 1 fully saturated rings. The molecule has 1 heterocycles. The predicted octanol–water partition coefficient (Wildman–Crippen LogP) is 5.36. The molecule has 3 aromatic rings. The molecule has 0 radical (unpaired) electrons.